The van der Waals surface area contributed by atoms with Crippen molar-refractivity contribution in [1.29, 1.82) is 0 Å². The zero-order valence-corrected chi connectivity index (χ0v) is 16.1. The Balaban J connectivity index is 1.46. The number of para-hydroxylation sites is 1. The van der Waals surface area contributed by atoms with Crippen LogP contribution in [0.2, 0.25) is 0 Å². The number of hydrogen-bond donors (Lipinski definition) is 2. The van der Waals surface area contributed by atoms with Gasteiger partial charge in [0.25, 0.3) is 0 Å². The number of nitrogens with one attached hydrogen (secondary N) is 1. The number of hydrogen-bond acceptors (Lipinski definition) is 6. The van der Waals surface area contributed by atoms with Crippen molar-refractivity contribution in [3.63, 3.8) is 0 Å². The zero-order valence-electron chi connectivity index (χ0n) is 16.1. The number of ether oxygens (including phenoxy) is 1. The molecule has 0 amide bonds. The van der Waals surface area contributed by atoms with E-state index in [1.54, 1.807) is 18.5 Å². The molecule has 7 heteroatoms. The molecule has 1 aromatic heterocycles. The number of aromatic nitrogens is 2. The summed E-state index contributed by atoms with van der Waals surface area (Å²) in [7, 11) is 0. The minimum atomic E-state index is -0.858. The van der Waals surface area contributed by atoms with Crippen LogP contribution in [0, 0.1) is 0 Å². The third kappa shape index (κ3) is 6.80. The van der Waals surface area contributed by atoms with Gasteiger partial charge in [0.05, 0.1) is 6.61 Å². The second-order valence-corrected chi connectivity index (χ2v) is 6.43. The van der Waals surface area contributed by atoms with E-state index in [1.807, 2.05) is 59.5 Å². The third-order valence-electron chi connectivity index (χ3n) is 4.18. The van der Waals surface area contributed by atoms with E-state index in [2.05, 4.69) is 15.3 Å². The Morgan fingerprint density at radius 1 is 1.00 bits per heavy atom. The normalized spacial score (nSPS) is 10.3. The summed E-state index contributed by atoms with van der Waals surface area (Å²) in [4.78, 5) is 21.3. The van der Waals surface area contributed by atoms with Gasteiger partial charge in [0.2, 0.25) is 5.95 Å². The zero-order chi connectivity index (χ0) is 20.3. The molecule has 2 N–H and O–H groups in total. The van der Waals surface area contributed by atoms with Gasteiger partial charge in [0, 0.05) is 31.2 Å². The molecular weight excluding hydrogens is 368 g/mol. The van der Waals surface area contributed by atoms with Gasteiger partial charge in [-0.1, -0.05) is 30.3 Å². The van der Waals surface area contributed by atoms with Crippen LogP contribution >= 0.6 is 0 Å². The van der Waals surface area contributed by atoms with Crippen molar-refractivity contribution in [3.8, 4) is 5.75 Å². The molecule has 7 nitrogen and oxygen atoms in total. The highest BCUT2D eigenvalue weighted by molar-refractivity contribution is 5.73. The van der Waals surface area contributed by atoms with E-state index in [0.717, 1.165) is 30.0 Å². The van der Waals surface area contributed by atoms with E-state index < -0.39 is 5.97 Å². The first kappa shape index (κ1) is 20.1. The van der Waals surface area contributed by atoms with Gasteiger partial charge in [-0.05, 0) is 42.3 Å². The first-order chi connectivity index (χ1) is 14.2. The van der Waals surface area contributed by atoms with Crippen molar-refractivity contribution in [2.24, 2.45) is 0 Å². The Labute approximate surface area is 170 Å². The summed E-state index contributed by atoms with van der Waals surface area (Å²) in [6.45, 7) is 1.76. The molecule has 0 aliphatic heterocycles. The second kappa shape index (κ2) is 10.7. The van der Waals surface area contributed by atoms with Crippen LogP contribution in [0.1, 0.15) is 12.0 Å². The maximum absolute atomic E-state index is 11.2. The van der Waals surface area contributed by atoms with Gasteiger partial charge >= 0.3 is 5.97 Å². The lowest BCUT2D eigenvalue weighted by Crippen LogP contribution is -2.29. The van der Waals surface area contributed by atoms with Crippen LogP contribution in [0.5, 0.6) is 5.75 Å². The molecule has 150 valence electrons. The predicted octanol–water partition coefficient (Wildman–Crippen LogP) is 3.45. The van der Waals surface area contributed by atoms with E-state index in [-0.39, 0.29) is 6.54 Å². The minimum Gasteiger partial charge on any atom is -0.494 e. The van der Waals surface area contributed by atoms with E-state index in [9.17, 15) is 9.90 Å². The fourth-order valence-corrected chi connectivity index (χ4v) is 2.80. The van der Waals surface area contributed by atoms with Gasteiger partial charge in [-0.25, -0.2) is 9.97 Å². The molecule has 3 rings (SSSR count). The Hall–Kier alpha value is -3.61. The van der Waals surface area contributed by atoms with Crippen LogP contribution in [0.4, 0.5) is 11.6 Å². The Morgan fingerprint density at radius 2 is 1.72 bits per heavy atom. The average Bonchev–Trinajstić information content (AvgIpc) is 2.75. The number of carbonyl (C=O) groups is 1. The summed E-state index contributed by atoms with van der Waals surface area (Å²) >= 11 is 0. The summed E-state index contributed by atoms with van der Waals surface area (Å²) in [5.74, 6) is 0.540. The van der Waals surface area contributed by atoms with E-state index in [4.69, 9.17) is 4.74 Å². The van der Waals surface area contributed by atoms with Crippen LogP contribution in [-0.2, 0) is 11.3 Å². The Kier molecular flexibility index (Phi) is 7.40. The Bertz CT molecular complexity index is 874. The summed E-state index contributed by atoms with van der Waals surface area (Å²) in [5, 5.41) is 12.3. The maximum atomic E-state index is 11.2. The average molecular weight is 392 g/mol. The van der Waals surface area contributed by atoms with Gasteiger partial charge < -0.3 is 20.1 Å². The molecular formula is C22H24N4O3. The van der Waals surface area contributed by atoms with E-state index >= 15 is 0 Å². The molecule has 0 radical (unpaired) electrons. The van der Waals surface area contributed by atoms with Gasteiger partial charge in [0.1, 0.15) is 12.3 Å². The standard InChI is InChI=1S/C22H24N4O3/c27-21(28)17-26(19-6-2-1-3-7-19)16-18-8-10-20(11-9-18)29-15-5-14-25-22-23-12-4-13-24-22/h1-4,6-13H,5,14-17H2,(H,27,28)(H,23,24,25). The fraction of sp³-hybridized carbons (Fsp3) is 0.227. The second-order valence-electron chi connectivity index (χ2n) is 6.43. The van der Waals surface area contributed by atoms with Crippen LogP contribution < -0.4 is 15.0 Å². The van der Waals surface area contributed by atoms with Crippen LogP contribution in [0.25, 0.3) is 0 Å². The Morgan fingerprint density at radius 3 is 2.41 bits per heavy atom. The molecule has 0 saturated heterocycles. The van der Waals surface area contributed by atoms with Crippen molar-refractivity contribution in [2.45, 2.75) is 13.0 Å². The third-order valence-corrected chi connectivity index (χ3v) is 4.18. The lowest BCUT2D eigenvalue weighted by molar-refractivity contribution is -0.135. The number of nitrogens with zero attached hydrogens (tertiary/aromatic N) is 3. The van der Waals surface area contributed by atoms with Crippen molar-refractivity contribution in [1.82, 2.24) is 9.97 Å². The molecule has 0 bridgehead atoms. The van der Waals surface area contributed by atoms with Crippen molar-refractivity contribution in [2.75, 3.05) is 29.9 Å². The minimum absolute atomic E-state index is 0.0552. The van der Waals surface area contributed by atoms with Crippen molar-refractivity contribution < 1.29 is 14.6 Å². The molecule has 0 unspecified atom stereocenters. The number of benzene rings is 2. The van der Waals surface area contributed by atoms with Crippen molar-refractivity contribution in [3.05, 3.63) is 78.6 Å². The molecule has 0 aliphatic carbocycles. The number of rotatable bonds is 11. The lowest BCUT2D eigenvalue weighted by Gasteiger charge is -2.23. The summed E-state index contributed by atoms with van der Waals surface area (Å²) in [5.41, 5.74) is 1.90. The van der Waals surface area contributed by atoms with Gasteiger partial charge in [-0.2, -0.15) is 0 Å². The molecule has 0 atom stereocenters. The van der Waals surface area contributed by atoms with E-state index in [1.165, 1.54) is 0 Å². The summed E-state index contributed by atoms with van der Waals surface area (Å²) < 4.78 is 5.76. The highest BCUT2D eigenvalue weighted by atomic mass is 16.5. The first-order valence-corrected chi connectivity index (χ1v) is 9.45. The first-order valence-electron chi connectivity index (χ1n) is 9.45. The van der Waals surface area contributed by atoms with Crippen LogP contribution in [0.3, 0.4) is 0 Å². The molecule has 0 spiro atoms. The maximum Gasteiger partial charge on any atom is 0.323 e. The van der Waals surface area contributed by atoms with Crippen molar-refractivity contribution >= 4 is 17.6 Å². The molecule has 1 heterocycles. The highest BCUT2D eigenvalue weighted by Crippen LogP contribution is 2.19. The van der Waals surface area contributed by atoms with Gasteiger partial charge in [0.15, 0.2) is 0 Å². The molecule has 2 aromatic carbocycles. The number of anilines is 2. The number of aliphatic carboxylic acids is 1. The molecule has 0 fully saturated rings. The number of carboxylic acid groups (broad SMARTS) is 1. The summed E-state index contributed by atoms with van der Waals surface area (Å²) in [6, 6.07) is 19.1. The van der Waals surface area contributed by atoms with Gasteiger partial charge in [-0.15, -0.1) is 0 Å². The smallest absolute Gasteiger partial charge is 0.323 e. The lowest BCUT2D eigenvalue weighted by atomic mass is 10.2. The van der Waals surface area contributed by atoms with Crippen LogP contribution in [-0.4, -0.2) is 40.7 Å². The molecule has 0 saturated carbocycles. The predicted molar refractivity (Wildman–Crippen MR) is 112 cm³/mol. The largest absolute Gasteiger partial charge is 0.494 e. The molecule has 0 aliphatic rings. The fourth-order valence-electron chi connectivity index (χ4n) is 2.80. The van der Waals surface area contributed by atoms with E-state index in [0.29, 0.717) is 19.1 Å². The highest BCUT2D eigenvalue weighted by Gasteiger charge is 2.11. The van der Waals surface area contributed by atoms with Crippen LogP contribution in [0.15, 0.2) is 73.1 Å². The molecule has 29 heavy (non-hydrogen) atoms. The van der Waals surface area contributed by atoms with Gasteiger partial charge in [-0.3, -0.25) is 4.79 Å². The topological polar surface area (TPSA) is 87.6 Å². The summed E-state index contributed by atoms with van der Waals surface area (Å²) in [6.07, 6.45) is 4.21. The quantitative estimate of drug-likeness (QED) is 0.483. The monoisotopic (exact) mass is 392 g/mol. The molecule has 3 aromatic rings. The SMILES string of the molecule is O=C(O)CN(Cc1ccc(OCCCNc2ncccn2)cc1)c1ccccc1. The number of carboxylic acids is 1.